The van der Waals surface area contributed by atoms with Crippen LogP contribution >= 0.6 is 0 Å². The summed E-state index contributed by atoms with van der Waals surface area (Å²) in [4.78, 5) is -0.0281. The quantitative estimate of drug-likeness (QED) is 0.710. The number of nitrogens with two attached hydrogens (primary N) is 1. The van der Waals surface area contributed by atoms with Crippen molar-refractivity contribution in [2.75, 3.05) is 17.6 Å². The lowest BCUT2D eigenvalue weighted by molar-refractivity contribution is 0.403. The van der Waals surface area contributed by atoms with Gasteiger partial charge in [-0.3, -0.25) is 9.82 Å². The maximum atomic E-state index is 12.1. The molecular formula is C10H12N4O3S. The fourth-order valence-corrected chi connectivity index (χ4v) is 2.64. The van der Waals surface area contributed by atoms with Crippen LogP contribution in [0.5, 0.6) is 5.75 Å². The zero-order valence-electron chi connectivity index (χ0n) is 9.54. The lowest BCUT2D eigenvalue weighted by atomic mass is 10.3. The first kappa shape index (κ1) is 12.2. The van der Waals surface area contributed by atoms with Crippen LogP contribution in [0.25, 0.3) is 0 Å². The number of aromatic nitrogens is 2. The van der Waals surface area contributed by atoms with E-state index in [4.69, 9.17) is 10.5 Å². The Bertz CT molecular complexity index is 637. The molecule has 1 heterocycles. The number of hydrogen-bond acceptors (Lipinski definition) is 5. The second kappa shape index (κ2) is 4.57. The third-order valence-corrected chi connectivity index (χ3v) is 3.61. The van der Waals surface area contributed by atoms with Crippen molar-refractivity contribution in [1.82, 2.24) is 10.2 Å². The van der Waals surface area contributed by atoms with Crippen LogP contribution in [0.4, 0.5) is 11.5 Å². The molecule has 0 aliphatic heterocycles. The summed E-state index contributed by atoms with van der Waals surface area (Å²) in [5.41, 5.74) is 5.92. The predicted octanol–water partition coefficient (Wildman–Crippen LogP) is 0.801. The second-order valence-electron chi connectivity index (χ2n) is 3.49. The van der Waals surface area contributed by atoms with Gasteiger partial charge < -0.3 is 10.5 Å². The Hall–Kier alpha value is -2.22. The minimum Gasteiger partial charge on any atom is -0.495 e. The van der Waals surface area contributed by atoms with Crippen molar-refractivity contribution < 1.29 is 13.2 Å². The monoisotopic (exact) mass is 268 g/mol. The lowest BCUT2D eigenvalue weighted by Gasteiger charge is -2.10. The number of nitrogens with zero attached hydrogens (tertiary/aromatic N) is 1. The van der Waals surface area contributed by atoms with Gasteiger partial charge in [0.2, 0.25) is 0 Å². The van der Waals surface area contributed by atoms with Crippen molar-refractivity contribution in [1.29, 1.82) is 0 Å². The first-order chi connectivity index (χ1) is 8.53. The Morgan fingerprint density at radius 3 is 2.78 bits per heavy atom. The zero-order valence-corrected chi connectivity index (χ0v) is 10.4. The van der Waals surface area contributed by atoms with Crippen LogP contribution in [0.2, 0.25) is 0 Å². The number of ether oxygens (including phenoxy) is 1. The molecule has 0 saturated heterocycles. The third kappa shape index (κ3) is 2.38. The van der Waals surface area contributed by atoms with Crippen molar-refractivity contribution in [3.05, 3.63) is 30.5 Å². The molecule has 0 aliphatic rings. The summed E-state index contributed by atoms with van der Waals surface area (Å²) in [7, 11) is -2.39. The number of hydrogen-bond donors (Lipinski definition) is 3. The van der Waals surface area contributed by atoms with Gasteiger partial charge in [0.15, 0.2) is 0 Å². The molecule has 0 unspecified atom stereocenters. The summed E-state index contributed by atoms with van der Waals surface area (Å²) in [5, 5.41) is 6.16. The number of nitrogen functional groups attached to an aromatic ring is 1. The lowest BCUT2D eigenvalue weighted by Crippen LogP contribution is -2.14. The zero-order chi connectivity index (χ0) is 13.2. The molecule has 0 fully saturated rings. The Labute approximate surface area is 104 Å². The highest BCUT2D eigenvalue weighted by molar-refractivity contribution is 7.92. The average Bonchev–Trinajstić information content (AvgIpc) is 2.81. The predicted molar refractivity (Wildman–Crippen MR) is 66.8 cm³/mol. The van der Waals surface area contributed by atoms with Crippen molar-refractivity contribution >= 4 is 21.5 Å². The van der Waals surface area contributed by atoms with E-state index < -0.39 is 10.0 Å². The van der Waals surface area contributed by atoms with Gasteiger partial charge in [-0.25, -0.2) is 8.42 Å². The van der Waals surface area contributed by atoms with Gasteiger partial charge in [0.1, 0.15) is 16.5 Å². The molecule has 2 rings (SSSR count). The molecule has 0 spiro atoms. The maximum absolute atomic E-state index is 12.1. The topological polar surface area (TPSA) is 110 Å². The van der Waals surface area contributed by atoms with E-state index in [0.717, 1.165) is 0 Å². The molecule has 1 aromatic heterocycles. The largest absolute Gasteiger partial charge is 0.495 e. The van der Waals surface area contributed by atoms with E-state index in [-0.39, 0.29) is 16.5 Å². The molecule has 0 aliphatic carbocycles. The molecule has 8 heteroatoms. The molecule has 0 radical (unpaired) electrons. The van der Waals surface area contributed by atoms with Crippen LogP contribution in [0.3, 0.4) is 0 Å². The standard InChI is InChI=1S/C10H12N4O3S/c1-17-8-3-2-7(11)6-9(8)18(15,16)14-10-4-5-12-13-10/h2-6H,11H2,1H3,(H2,12,13,14). The van der Waals surface area contributed by atoms with E-state index in [1.54, 1.807) is 6.07 Å². The maximum Gasteiger partial charge on any atom is 0.266 e. The van der Waals surface area contributed by atoms with Crippen molar-refractivity contribution in [2.24, 2.45) is 0 Å². The van der Waals surface area contributed by atoms with Gasteiger partial charge in [-0.2, -0.15) is 5.10 Å². The molecular weight excluding hydrogens is 256 g/mol. The van der Waals surface area contributed by atoms with Gasteiger partial charge in [-0.1, -0.05) is 0 Å². The van der Waals surface area contributed by atoms with E-state index in [9.17, 15) is 8.42 Å². The number of anilines is 2. The smallest absolute Gasteiger partial charge is 0.266 e. The van der Waals surface area contributed by atoms with E-state index in [1.807, 2.05) is 0 Å². The van der Waals surface area contributed by atoms with Gasteiger partial charge in [0, 0.05) is 11.8 Å². The van der Waals surface area contributed by atoms with E-state index in [1.165, 1.54) is 31.5 Å². The van der Waals surface area contributed by atoms with Crippen molar-refractivity contribution in [2.45, 2.75) is 4.90 Å². The Kier molecular flexibility index (Phi) is 3.11. The number of benzene rings is 1. The fraction of sp³-hybridized carbons (Fsp3) is 0.100. The van der Waals surface area contributed by atoms with Gasteiger partial charge in [0.25, 0.3) is 10.0 Å². The third-order valence-electron chi connectivity index (χ3n) is 2.22. The molecule has 4 N–H and O–H groups in total. The SMILES string of the molecule is COc1ccc(N)cc1S(=O)(=O)Nc1ccn[nH]1. The van der Waals surface area contributed by atoms with E-state index in [2.05, 4.69) is 14.9 Å². The summed E-state index contributed by atoms with van der Waals surface area (Å²) >= 11 is 0. The molecule has 18 heavy (non-hydrogen) atoms. The number of methoxy groups -OCH3 is 1. The number of aromatic amines is 1. The normalized spacial score (nSPS) is 11.2. The number of nitrogens with one attached hydrogen (secondary N) is 2. The van der Waals surface area contributed by atoms with Gasteiger partial charge in [-0.15, -0.1) is 0 Å². The highest BCUT2D eigenvalue weighted by Gasteiger charge is 2.20. The number of H-pyrrole nitrogens is 1. The van der Waals surface area contributed by atoms with Crippen LogP contribution < -0.4 is 15.2 Å². The minimum atomic E-state index is -3.77. The molecule has 1 aromatic carbocycles. The highest BCUT2D eigenvalue weighted by atomic mass is 32.2. The molecule has 2 aromatic rings. The highest BCUT2D eigenvalue weighted by Crippen LogP contribution is 2.27. The Balaban J connectivity index is 2.43. The molecule has 96 valence electrons. The van der Waals surface area contributed by atoms with E-state index in [0.29, 0.717) is 5.69 Å². The molecule has 0 amide bonds. The summed E-state index contributed by atoms with van der Waals surface area (Å²) in [6.07, 6.45) is 1.44. The summed E-state index contributed by atoms with van der Waals surface area (Å²) in [6.45, 7) is 0. The van der Waals surface area contributed by atoms with Crippen LogP contribution in [-0.2, 0) is 10.0 Å². The average molecular weight is 268 g/mol. The van der Waals surface area contributed by atoms with Crippen molar-refractivity contribution in [3.63, 3.8) is 0 Å². The molecule has 0 bridgehead atoms. The first-order valence-corrected chi connectivity index (χ1v) is 6.47. The van der Waals surface area contributed by atoms with Gasteiger partial charge >= 0.3 is 0 Å². The number of rotatable bonds is 4. The Morgan fingerprint density at radius 2 is 2.17 bits per heavy atom. The number of sulfonamides is 1. The minimum absolute atomic E-state index is 0.0281. The second-order valence-corrected chi connectivity index (χ2v) is 5.14. The van der Waals surface area contributed by atoms with E-state index >= 15 is 0 Å². The van der Waals surface area contributed by atoms with Crippen LogP contribution in [0.15, 0.2) is 35.4 Å². The first-order valence-electron chi connectivity index (χ1n) is 4.98. The fourth-order valence-electron chi connectivity index (χ4n) is 1.42. The van der Waals surface area contributed by atoms with Crippen LogP contribution in [0, 0.1) is 0 Å². The van der Waals surface area contributed by atoms with Gasteiger partial charge in [0.05, 0.1) is 13.3 Å². The Morgan fingerprint density at radius 1 is 1.39 bits per heavy atom. The molecule has 0 saturated carbocycles. The molecule has 7 nitrogen and oxygen atoms in total. The summed E-state index contributed by atoms with van der Waals surface area (Å²) < 4.78 is 31.6. The summed E-state index contributed by atoms with van der Waals surface area (Å²) in [5.74, 6) is 0.482. The van der Waals surface area contributed by atoms with Crippen molar-refractivity contribution in [3.8, 4) is 5.75 Å². The summed E-state index contributed by atoms with van der Waals surface area (Å²) in [6, 6.07) is 5.89. The van der Waals surface area contributed by atoms with Crippen LogP contribution in [0.1, 0.15) is 0 Å². The molecule has 0 atom stereocenters. The van der Waals surface area contributed by atoms with Gasteiger partial charge in [-0.05, 0) is 18.2 Å². The van der Waals surface area contributed by atoms with Crippen LogP contribution in [-0.4, -0.2) is 25.7 Å².